The molecule has 0 bridgehead atoms. The van der Waals surface area contributed by atoms with Gasteiger partial charge in [-0.2, -0.15) is 0 Å². The molecule has 3 heteroatoms. The molecule has 0 fully saturated rings. The Morgan fingerprint density at radius 2 is 2.11 bits per heavy atom. The summed E-state index contributed by atoms with van der Waals surface area (Å²) in [6, 6.07) is 9.61. The minimum absolute atomic E-state index is 0.312. The highest BCUT2D eigenvalue weighted by molar-refractivity contribution is 5.53. The van der Waals surface area contributed by atoms with E-state index in [1.54, 1.807) is 12.1 Å². The highest BCUT2D eigenvalue weighted by Gasteiger charge is 2.02. The zero-order valence-corrected chi connectivity index (χ0v) is 11.0. The lowest BCUT2D eigenvalue weighted by Crippen LogP contribution is -2.07. The Hall–Kier alpha value is -1.90. The van der Waals surface area contributed by atoms with Crippen LogP contribution in [0.5, 0.6) is 5.75 Å². The molecule has 0 saturated carbocycles. The van der Waals surface area contributed by atoms with Crippen molar-refractivity contribution < 1.29 is 5.11 Å². The summed E-state index contributed by atoms with van der Waals surface area (Å²) in [6.07, 6.45) is 3.25. The van der Waals surface area contributed by atoms with Crippen LogP contribution in [0.25, 0.3) is 0 Å². The molecule has 0 aliphatic carbocycles. The number of rotatable bonds is 5. The van der Waals surface area contributed by atoms with E-state index in [9.17, 15) is 5.11 Å². The van der Waals surface area contributed by atoms with Crippen LogP contribution in [0, 0.1) is 6.92 Å². The van der Waals surface area contributed by atoms with E-state index in [0.717, 1.165) is 30.8 Å². The van der Waals surface area contributed by atoms with Gasteiger partial charge < -0.3 is 15.0 Å². The van der Waals surface area contributed by atoms with Crippen molar-refractivity contribution in [2.45, 2.75) is 33.4 Å². The first-order valence-corrected chi connectivity index (χ1v) is 6.38. The number of hydrogen-bond acceptors (Lipinski definition) is 2. The molecular formula is C15H20N2O. The van der Waals surface area contributed by atoms with Gasteiger partial charge in [0.05, 0.1) is 6.54 Å². The third kappa shape index (κ3) is 2.86. The number of nitrogens with one attached hydrogen (secondary N) is 1. The van der Waals surface area contributed by atoms with Gasteiger partial charge in [0.1, 0.15) is 5.75 Å². The molecule has 0 radical (unpaired) electrons. The monoisotopic (exact) mass is 244 g/mol. The fraction of sp³-hybridized carbons (Fsp3) is 0.333. The number of aromatic hydroxyl groups is 1. The molecule has 3 nitrogen and oxygen atoms in total. The van der Waals surface area contributed by atoms with E-state index in [1.807, 2.05) is 13.0 Å². The van der Waals surface area contributed by atoms with E-state index in [2.05, 4.69) is 35.1 Å². The molecule has 1 aromatic heterocycles. The smallest absolute Gasteiger partial charge is 0.115 e. The normalized spacial score (nSPS) is 10.6. The molecule has 2 aromatic rings. The highest BCUT2D eigenvalue weighted by atomic mass is 16.3. The SMILES string of the molecule is CCCn1cccc1CNc1ccc(O)cc1C. The van der Waals surface area contributed by atoms with Crippen molar-refractivity contribution in [2.24, 2.45) is 0 Å². The molecule has 0 atom stereocenters. The molecule has 0 saturated heterocycles. The maximum atomic E-state index is 9.37. The van der Waals surface area contributed by atoms with Gasteiger partial charge in [-0.05, 0) is 49.2 Å². The zero-order chi connectivity index (χ0) is 13.0. The minimum atomic E-state index is 0.312. The van der Waals surface area contributed by atoms with Crippen LogP contribution < -0.4 is 5.32 Å². The van der Waals surface area contributed by atoms with Crippen molar-refractivity contribution in [3.63, 3.8) is 0 Å². The summed E-state index contributed by atoms with van der Waals surface area (Å²) in [5, 5.41) is 12.8. The minimum Gasteiger partial charge on any atom is -0.508 e. The fourth-order valence-electron chi connectivity index (χ4n) is 2.10. The van der Waals surface area contributed by atoms with Crippen LogP contribution in [0.3, 0.4) is 0 Å². The van der Waals surface area contributed by atoms with E-state index in [0.29, 0.717) is 5.75 Å². The van der Waals surface area contributed by atoms with E-state index >= 15 is 0 Å². The van der Waals surface area contributed by atoms with Crippen molar-refractivity contribution >= 4 is 5.69 Å². The van der Waals surface area contributed by atoms with Crippen molar-refractivity contribution in [2.75, 3.05) is 5.32 Å². The van der Waals surface area contributed by atoms with Gasteiger partial charge in [0.25, 0.3) is 0 Å². The van der Waals surface area contributed by atoms with Crippen LogP contribution in [0.4, 0.5) is 5.69 Å². The number of phenols is 1. The lowest BCUT2D eigenvalue weighted by molar-refractivity contribution is 0.475. The summed E-state index contributed by atoms with van der Waals surface area (Å²) in [6.45, 7) is 6.03. The first-order chi connectivity index (χ1) is 8.70. The topological polar surface area (TPSA) is 37.2 Å². The second-order valence-corrected chi connectivity index (χ2v) is 4.55. The largest absolute Gasteiger partial charge is 0.508 e. The van der Waals surface area contributed by atoms with E-state index in [4.69, 9.17) is 0 Å². The number of aryl methyl sites for hydroxylation is 2. The van der Waals surface area contributed by atoms with Crippen molar-refractivity contribution in [1.82, 2.24) is 4.57 Å². The number of benzene rings is 1. The number of nitrogens with zero attached hydrogens (tertiary/aromatic N) is 1. The van der Waals surface area contributed by atoms with Gasteiger partial charge >= 0.3 is 0 Å². The number of hydrogen-bond donors (Lipinski definition) is 2. The second-order valence-electron chi connectivity index (χ2n) is 4.55. The predicted octanol–water partition coefficient (Wildman–Crippen LogP) is 3.52. The van der Waals surface area contributed by atoms with Gasteiger partial charge in [0, 0.05) is 24.1 Å². The van der Waals surface area contributed by atoms with Crippen LogP contribution in [0.1, 0.15) is 24.6 Å². The summed E-state index contributed by atoms with van der Waals surface area (Å²) >= 11 is 0. The molecule has 1 heterocycles. The summed E-state index contributed by atoms with van der Waals surface area (Å²) < 4.78 is 2.27. The summed E-state index contributed by atoms with van der Waals surface area (Å²) in [5.74, 6) is 0.312. The Kier molecular flexibility index (Phi) is 3.92. The van der Waals surface area contributed by atoms with Crippen LogP contribution in [-0.2, 0) is 13.1 Å². The van der Waals surface area contributed by atoms with Gasteiger partial charge in [-0.1, -0.05) is 6.92 Å². The van der Waals surface area contributed by atoms with Crippen molar-refractivity contribution in [3.8, 4) is 5.75 Å². The van der Waals surface area contributed by atoms with E-state index in [1.165, 1.54) is 5.69 Å². The molecule has 0 aliphatic rings. The lowest BCUT2D eigenvalue weighted by Gasteiger charge is -2.12. The molecule has 2 rings (SSSR count). The quantitative estimate of drug-likeness (QED) is 0.790. The summed E-state index contributed by atoms with van der Waals surface area (Å²) in [7, 11) is 0. The molecule has 96 valence electrons. The second kappa shape index (κ2) is 5.63. The molecule has 0 unspecified atom stereocenters. The van der Waals surface area contributed by atoms with E-state index < -0.39 is 0 Å². The Morgan fingerprint density at radius 3 is 2.83 bits per heavy atom. The summed E-state index contributed by atoms with van der Waals surface area (Å²) in [5.41, 5.74) is 3.41. The predicted molar refractivity (Wildman–Crippen MR) is 74.9 cm³/mol. The highest BCUT2D eigenvalue weighted by Crippen LogP contribution is 2.20. The van der Waals surface area contributed by atoms with Crippen LogP contribution in [-0.4, -0.2) is 9.67 Å². The molecule has 18 heavy (non-hydrogen) atoms. The maximum Gasteiger partial charge on any atom is 0.115 e. The van der Waals surface area contributed by atoms with Crippen molar-refractivity contribution in [1.29, 1.82) is 0 Å². The number of anilines is 1. The Bertz CT molecular complexity index is 517. The van der Waals surface area contributed by atoms with Gasteiger partial charge in [-0.15, -0.1) is 0 Å². The third-order valence-corrected chi connectivity index (χ3v) is 3.06. The average molecular weight is 244 g/mol. The molecule has 2 N–H and O–H groups in total. The molecule has 0 aliphatic heterocycles. The average Bonchev–Trinajstić information content (AvgIpc) is 2.76. The van der Waals surface area contributed by atoms with Gasteiger partial charge in [0.15, 0.2) is 0 Å². The maximum absolute atomic E-state index is 9.37. The summed E-state index contributed by atoms with van der Waals surface area (Å²) in [4.78, 5) is 0. The molecule has 0 spiro atoms. The molecule has 0 amide bonds. The Balaban J connectivity index is 2.04. The fourth-order valence-corrected chi connectivity index (χ4v) is 2.10. The number of aromatic nitrogens is 1. The third-order valence-electron chi connectivity index (χ3n) is 3.06. The van der Waals surface area contributed by atoms with E-state index in [-0.39, 0.29) is 0 Å². The van der Waals surface area contributed by atoms with Crippen LogP contribution in [0.2, 0.25) is 0 Å². The van der Waals surface area contributed by atoms with Crippen LogP contribution >= 0.6 is 0 Å². The lowest BCUT2D eigenvalue weighted by atomic mass is 10.2. The standard InChI is InChI=1S/C15H20N2O/c1-3-8-17-9-4-5-13(17)11-16-15-7-6-14(18)10-12(15)2/h4-7,9-10,16,18H,3,8,11H2,1-2H3. The molecule has 1 aromatic carbocycles. The van der Waals surface area contributed by atoms with Crippen molar-refractivity contribution in [3.05, 3.63) is 47.8 Å². The Morgan fingerprint density at radius 1 is 1.28 bits per heavy atom. The first-order valence-electron chi connectivity index (χ1n) is 6.38. The molecular weight excluding hydrogens is 224 g/mol. The van der Waals surface area contributed by atoms with Gasteiger partial charge in [0.2, 0.25) is 0 Å². The number of phenolic OH excluding ortho intramolecular Hbond substituents is 1. The van der Waals surface area contributed by atoms with Gasteiger partial charge in [-0.25, -0.2) is 0 Å². The van der Waals surface area contributed by atoms with Gasteiger partial charge in [-0.3, -0.25) is 0 Å². The zero-order valence-electron chi connectivity index (χ0n) is 11.0. The van der Waals surface area contributed by atoms with Crippen LogP contribution in [0.15, 0.2) is 36.5 Å². The first kappa shape index (κ1) is 12.6. The Labute approximate surface area is 108 Å².